The standard InChI is InChI=1S/C52H33NO/c1-3-15-33(16-4-1)49-37-19-7-11-23-41(37)51(42-24-12-8-20-38(42)49)35-27-29-45-47(31-35)54-48-32-36(28-30-46(48)53-45)52-43-25-13-9-21-39(43)50(34-17-5-2-6-18-34)40-22-10-14-26-44(40)52/h1-32,53H. The van der Waals surface area contributed by atoms with Crippen molar-refractivity contribution in [3.8, 4) is 56.0 Å². The number of benzene rings is 10. The number of hydrogen-bond donors (Lipinski definition) is 1. The van der Waals surface area contributed by atoms with Crippen LogP contribution in [0.15, 0.2) is 194 Å². The van der Waals surface area contributed by atoms with Crippen molar-refractivity contribution in [1.29, 1.82) is 0 Å². The molecule has 1 aliphatic heterocycles. The van der Waals surface area contributed by atoms with E-state index in [2.05, 4.69) is 199 Å². The van der Waals surface area contributed by atoms with Gasteiger partial charge in [0.1, 0.15) is 0 Å². The first-order chi connectivity index (χ1) is 26.8. The van der Waals surface area contributed by atoms with Crippen LogP contribution in [0.3, 0.4) is 0 Å². The molecule has 0 aliphatic carbocycles. The second-order valence-electron chi connectivity index (χ2n) is 14.1. The molecule has 0 saturated carbocycles. The largest absolute Gasteiger partial charge is 0.453 e. The fraction of sp³-hybridized carbons (Fsp3) is 0. The van der Waals surface area contributed by atoms with Gasteiger partial charge in [-0.1, -0.05) is 170 Å². The highest BCUT2D eigenvalue weighted by atomic mass is 16.5. The quantitative estimate of drug-likeness (QED) is 0.186. The lowest BCUT2D eigenvalue weighted by atomic mass is 9.85. The average molecular weight is 688 g/mol. The van der Waals surface area contributed by atoms with E-state index in [4.69, 9.17) is 4.74 Å². The monoisotopic (exact) mass is 687 g/mol. The molecular weight excluding hydrogens is 655 g/mol. The van der Waals surface area contributed by atoms with Gasteiger partial charge in [-0.05, 0) is 112 Å². The Kier molecular flexibility index (Phi) is 6.90. The third-order valence-electron chi connectivity index (χ3n) is 11.0. The molecule has 0 bridgehead atoms. The molecule has 0 unspecified atom stereocenters. The van der Waals surface area contributed by atoms with Crippen LogP contribution in [-0.4, -0.2) is 0 Å². The van der Waals surface area contributed by atoms with Crippen LogP contribution in [0.1, 0.15) is 0 Å². The van der Waals surface area contributed by atoms with Crippen LogP contribution in [0, 0.1) is 0 Å². The van der Waals surface area contributed by atoms with E-state index in [0.717, 1.165) is 34.0 Å². The van der Waals surface area contributed by atoms with E-state index in [9.17, 15) is 0 Å². The lowest BCUT2D eigenvalue weighted by molar-refractivity contribution is 0.481. The van der Waals surface area contributed by atoms with Crippen LogP contribution in [-0.2, 0) is 0 Å². The summed E-state index contributed by atoms with van der Waals surface area (Å²) in [4.78, 5) is 0. The van der Waals surface area contributed by atoms with Crippen molar-refractivity contribution in [2.75, 3.05) is 5.32 Å². The van der Waals surface area contributed by atoms with Gasteiger partial charge in [-0.25, -0.2) is 0 Å². The molecule has 54 heavy (non-hydrogen) atoms. The van der Waals surface area contributed by atoms with E-state index < -0.39 is 0 Å². The molecule has 1 N–H and O–H groups in total. The first-order valence-corrected chi connectivity index (χ1v) is 18.5. The highest BCUT2D eigenvalue weighted by molar-refractivity contribution is 6.23. The van der Waals surface area contributed by atoms with Crippen molar-refractivity contribution >= 4 is 54.5 Å². The summed E-state index contributed by atoms with van der Waals surface area (Å²) in [5.41, 5.74) is 11.5. The minimum Gasteiger partial charge on any atom is -0.453 e. The topological polar surface area (TPSA) is 21.3 Å². The van der Waals surface area contributed by atoms with E-state index in [0.29, 0.717) is 0 Å². The maximum atomic E-state index is 6.87. The molecule has 0 radical (unpaired) electrons. The van der Waals surface area contributed by atoms with E-state index >= 15 is 0 Å². The third kappa shape index (κ3) is 4.74. The zero-order valence-electron chi connectivity index (χ0n) is 29.4. The summed E-state index contributed by atoms with van der Waals surface area (Å²) in [5, 5.41) is 13.5. The van der Waals surface area contributed by atoms with Crippen molar-refractivity contribution in [3.05, 3.63) is 194 Å². The smallest absolute Gasteiger partial charge is 0.151 e. The molecule has 1 aliphatic rings. The van der Waals surface area contributed by atoms with Crippen molar-refractivity contribution in [2.45, 2.75) is 0 Å². The predicted molar refractivity (Wildman–Crippen MR) is 228 cm³/mol. The molecule has 11 rings (SSSR count). The van der Waals surface area contributed by atoms with Gasteiger partial charge in [-0.3, -0.25) is 0 Å². The van der Waals surface area contributed by atoms with Gasteiger partial charge in [0.15, 0.2) is 11.5 Å². The number of fused-ring (bicyclic) bond motifs is 6. The lowest BCUT2D eigenvalue weighted by Crippen LogP contribution is -2.03. The number of rotatable bonds is 4. The fourth-order valence-electron chi connectivity index (χ4n) is 8.71. The second-order valence-corrected chi connectivity index (χ2v) is 14.1. The SMILES string of the molecule is c1ccc(-c2c3ccccc3c(-c3ccc4c(c3)Oc3cc(-c5c6ccccc6c(-c6ccccc6)c6ccccc56)ccc3N4)c3ccccc23)cc1. The molecule has 1 heterocycles. The van der Waals surface area contributed by atoms with E-state index in [1.165, 1.54) is 76.5 Å². The average Bonchev–Trinajstić information content (AvgIpc) is 3.24. The van der Waals surface area contributed by atoms with Crippen molar-refractivity contribution < 1.29 is 4.74 Å². The molecule has 0 amide bonds. The molecule has 0 saturated heterocycles. The van der Waals surface area contributed by atoms with Gasteiger partial charge < -0.3 is 10.1 Å². The molecule has 252 valence electrons. The maximum Gasteiger partial charge on any atom is 0.151 e. The highest BCUT2D eigenvalue weighted by Crippen LogP contribution is 2.50. The van der Waals surface area contributed by atoms with Crippen LogP contribution in [0.5, 0.6) is 11.5 Å². The normalized spacial score (nSPS) is 12.0. The minimum absolute atomic E-state index is 0.812. The fourth-order valence-corrected chi connectivity index (χ4v) is 8.71. The molecule has 10 aromatic carbocycles. The van der Waals surface area contributed by atoms with Crippen molar-refractivity contribution in [2.24, 2.45) is 0 Å². The van der Waals surface area contributed by atoms with Crippen LogP contribution >= 0.6 is 0 Å². The Morgan fingerprint density at radius 3 is 0.852 bits per heavy atom. The van der Waals surface area contributed by atoms with Gasteiger partial charge >= 0.3 is 0 Å². The predicted octanol–water partition coefficient (Wildman–Crippen LogP) is 14.8. The summed E-state index contributed by atoms with van der Waals surface area (Å²) < 4.78 is 6.87. The summed E-state index contributed by atoms with van der Waals surface area (Å²) in [6.07, 6.45) is 0. The second kappa shape index (κ2) is 12.2. The summed E-state index contributed by atoms with van der Waals surface area (Å²) in [6.45, 7) is 0. The van der Waals surface area contributed by atoms with E-state index in [1.807, 2.05) is 0 Å². The molecular formula is C52H33NO. The molecule has 2 nitrogen and oxygen atoms in total. The molecule has 2 heteroatoms. The van der Waals surface area contributed by atoms with Crippen molar-refractivity contribution in [1.82, 2.24) is 0 Å². The van der Waals surface area contributed by atoms with Crippen LogP contribution < -0.4 is 10.1 Å². The molecule has 10 aromatic rings. The Balaban J connectivity index is 1.06. The molecule has 0 atom stereocenters. The molecule has 0 fully saturated rings. The first kappa shape index (κ1) is 30.5. The maximum absolute atomic E-state index is 6.87. The van der Waals surface area contributed by atoms with Gasteiger partial charge in [0.2, 0.25) is 0 Å². The zero-order valence-corrected chi connectivity index (χ0v) is 29.4. The van der Waals surface area contributed by atoms with Crippen LogP contribution in [0.2, 0.25) is 0 Å². The van der Waals surface area contributed by atoms with Gasteiger partial charge in [0, 0.05) is 0 Å². The van der Waals surface area contributed by atoms with Crippen molar-refractivity contribution in [3.63, 3.8) is 0 Å². The van der Waals surface area contributed by atoms with Gasteiger partial charge in [-0.2, -0.15) is 0 Å². The Morgan fingerprint density at radius 1 is 0.259 bits per heavy atom. The summed E-state index contributed by atoms with van der Waals surface area (Å²) in [5.74, 6) is 1.62. The van der Waals surface area contributed by atoms with E-state index in [-0.39, 0.29) is 0 Å². The Morgan fingerprint density at radius 2 is 0.537 bits per heavy atom. The summed E-state index contributed by atoms with van der Waals surface area (Å²) >= 11 is 0. The molecule has 0 aromatic heterocycles. The van der Waals surface area contributed by atoms with E-state index in [1.54, 1.807) is 0 Å². The first-order valence-electron chi connectivity index (χ1n) is 18.5. The number of ether oxygens (including phenoxy) is 1. The van der Waals surface area contributed by atoms with Gasteiger partial charge in [-0.15, -0.1) is 0 Å². The minimum atomic E-state index is 0.812. The highest BCUT2D eigenvalue weighted by Gasteiger charge is 2.23. The summed E-state index contributed by atoms with van der Waals surface area (Å²) in [7, 11) is 0. The summed E-state index contributed by atoms with van der Waals surface area (Å²) in [6, 6.07) is 69.8. The van der Waals surface area contributed by atoms with Gasteiger partial charge in [0.05, 0.1) is 11.4 Å². The Bertz CT molecular complexity index is 2770. The van der Waals surface area contributed by atoms with Crippen LogP contribution in [0.4, 0.5) is 11.4 Å². The lowest BCUT2D eigenvalue weighted by Gasteiger charge is -2.24. The Labute approximate surface area is 313 Å². The van der Waals surface area contributed by atoms with Gasteiger partial charge in [0.25, 0.3) is 0 Å². The molecule has 0 spiro atoms. The Hall–Kier alpha value is -7.16. The number of anilines is 2. The third-order valence-corrected chi connectivity index (χ3v) is 11.0. The van der Waals surface area contributed by atoms with Crippen LogP contribution in [0.25, 0.3) is 87.6 Å². The number of nitrogens with one attached hydrogen (secondary N) is 1. The zero-order chi connectivity index (χ0) is 35.6. The number of hydrogen-bond acceptors (Lipinski definition) is 2.